The molecule has 0 radical (unpaired) electrons. The molecule has 6 nitrogen and oxygen atoms in total. The van der Waals surface area contributed by atoms with Crippen molar-refractivity contribution in [2.45, 2.75) is 6.92 Å². The van der Waals surface area contributed by atoms with E-state index in [1.165, 1.54) is 6.07 Å². The molecule has 0 saturated carbocycles. The minimum absolute atomic E-state index is 0.00456. The molecule has 0 bridgehead atoms. The number of phenols is 1. The van der Waals surface area contributed by atoms with Gasteiger partial charge in [0.15, 0.2) is 5.75 Å². The molecule has 6 heteroatoms. The predicted molar refractivity (Wildman–Crippen MR) is 70.9 cm³/mol. The summed E-state index contributed by atoms with van der Waals surface area (Å²) in [5.74, 6) is -0.879. The molecular weight excluding hydrogens is 262 g/mol. The van der Waals surface area contributed by atoms with Crippen molar-refractivity contribution >= 4 is 11.7 Å². The van der Waals surface area contributed by atoms with Crippen molar-refractivity contribution in [3.63, 3.8) is 0 Å². The second-order valence-electron chi connectivity index (χ2n) is 4.16. The van der Waals surface area contributed by atoms with E-state index < -0.39 is 22.3 Å². The van der Waals surface area contributed by atoms with Crippen LogP contribution in [0, 0.1) is 17.0 Å². The molecule has 0 spiro atoms. The maximum Gasteiger partial charge on any atom is 0.343 e. The van der Waals surface area contributed by atoms with E-state index in [9.17, 15) is 20.0 Å². The molecule has 0 saturated heterocycles. The third-order valence-electron chi connectivity index (χ3n) is 2.64. The first-order chi connectivity index (χ1) is 9.47. The summed E-state index contributed by atoms with van der Waals surface area (Å²) in [6.45, 7) is 1.90. The van der Waals surface area contributed by atoms with Crippen molar-refractivity contribution in [1.29, 1.82) is 0 Å². The van der Waals surface area contributed by atoms with Crippen LogP contribution >= 0.6 is 0 Å². The molecule has 2 aromatic rings. The Hall–Kier alpha value is -2.89. The van der Waals surface area contributed by atoms with Gasteiger partial charge in [-0.2, -0.15) is 0 Å². The largest absolute Gasteiger partial charge is 0.502 e. The van der Waals surface area contributed by atoms with E-state index >= 15 is 0 Å². The maximum atomic E-state index is 11.9. The smallest absolute Gasteiger partial charge is 0.343 e. The Balaban J connectivity index is 2.23. The first-order valence-electron chi connectivity index (χ1n) is 5.73. The SMILES string of the molecule is Cc1ccc(OC(=O)c2ccc(O)c([N+](=O)[O-])c2)cc1. The lowest BCUT2D eigenvalue weighted by Crippen LogP contribution is -2.08. The number of aromatic hydroxyl groups is 1. The van der Waals surface area contributed by atoms with E-state index in [1.54, 1.807) is 24.3 Å². The molecule has 102 valence electrons. The Morgan fingerprint density at radius 3 is 2.45 bits per heavy atom. The van der Waals surface area contributed by atoms with Crippen LogP contribution in [0.5, 0.6) is 11.5 Å². The summed E-state index contributed by atoms with van der Waals surface area (Å²) in [6, 6.07) is 10.1. The van der Waals surface area contributed by atoms with Gasteiger partial charge in [0, 0.05) is 6.07 Å². The Labute approximate surface area is 114 Å². The zero-order valence-electron chi connectivity index (χ0n) is 10.6. The number of carbonyl (C=O) groups excluding carboxylic acids is 1. The molecule has 20 heavy (non-hydrogen) atoms. The van der Waals surface area contributed by atoms with Gasteiger partial charge >= 0.3 is 11.7 Å². The third kappa shape index (κ3) is 2.92. The zero-order valence-corrected chi connectivity index (χ0v) is 10.6. The molecule has 1 N–H and O–H groups in total. The number of ether oxygens (including phenoxy) is 1. The standard InChI is InChI=1S/C14H11NO5/c1-9-2-5-11(6-3-9)20-14(17)10-4-7-13(16)12(8-10)15(18)19/h2-8,16H,1H3. The number of esters is 1. The highest BCUT2D eigenvalue weighted by atomic mass is 16.6. The van der Waals surface area contributed by atoms with Crippen molar-refractivity contribution in [1.82, 2.24) is 0 Å². The van der Waals surface area contributed by atoms with Crippen LogP contribution in [0.25, 0.3) is 0 Å². The van der Waals surface area contributed by atoms with Crippen LogP contribution < -0.4 is 4.74 Å². The van der Waals surface area contributed by atoms with Crippen LogP contribution in [-0.2, 0) is 0 Å². The Morgan fingerprint density at radius 1 is 1.20 bits per heavy atom. The number of nitro benzene ring substituents is 1. The number of carbonyl (C=O) groups is 1. The molecule has 0 atom stereocenters. The fraction of sp³-hybridized carbons (Fsp3) is 0.0714. The van der Waals surface area contributed by atoms with E-state index in [0.29, 0.717) is 5.75 Å². The number of phenolic OH excluding ortho intramolecular Hbond substituents is 1. The minimum Gasteiger partial charge on any atom is -0.502 e. The van der Waals surface area contributed by atoms with Crippen LogP contribution in [0.3, 0.4) is 0 Å². The lowest BCUT2D eigenvalue weighted by atomic mass is 10.2. The number of rotatable bonds is 3. The van der Waals surface area contributed by atoms with Gasteiger partial charge in [-0.1, -0.05) is 17.7 Å². The Morgan fingerprint density at radius 2 is 1.85 bits per heavy atom. The van der Waals surface area contributed by atoms with Gasteiger partial charge in [0.25, 0.3) is 0 Å². The molecule has 0 aliphatic heterocycles. The summed E-state index contributed by atoms with van der Waals surface area (Å²) in [6.07, 6.45) is 0. The number of hydrogen-bond donors (Lipinski definition) is 1. The van der Waals surface area contributed by atoms with Crippen LogP contribution in [-0.4, -0.2) is 16.0 Å². The summed E-state index contributed by atoms with van der Waals surface area (Å²) < 4.78 is 5.09. The topological polar surface area (TPSA) is 89.7 Å². The molecule has 0 aliphatic rings. The van der Waals surface area contributed by atoms with E-state index in [0.717, 1.165) is 17.7 Å². The summed E-state index contributed by atoms with van der Waals surface area (Å²) in [5, 5.41) is 20.0. The number of aryl methyl sites for hydroxylation is 1. The molecule has 2 rings (SSSR count). The maximum absolute atomic E-state index is 11.9. The molecule has 0 aromatic heterocycles. The molecule has 0 amide bonds. The number of hydrogen-bond acceptors (Lipinski definition) is 5. The van der Waals surface area contributed by atoms with Gasteiger partial charge in [0.2, 0.25) is 0 Å². The second-order valence-corrected chi connectivity index (χ2v) is 4.16. The second kappa shape index (κ2) is 5.40. The number of nitrogens with zero attached hydrogens (tertiary/aromatic N) is 1. The number of benzene rings is 2. The van der Waals surface area contributed by atoms with Crippen LogP contribution in [0.4, 0.5) is 5.69 Å². The highest BCUT2D eigenvalue weighted by Gasteiger charge is 2.18. The summed E-state index contributed by atoms with van der Waals surface area (Å²) in [5.41, 5.74) is 0.475. The quantitative estimate of drug-likeness (QED) is 0.402. The molecule has 0 unspecified atom stereocenters. The Kier molecular flexibility index (Phi) is 3.65. The van der Waals surface area contributed by atoms with E-state index in [4.69, 9.17) is 4.74 Å². The molecule has 0 fully saturated rings. The third-order valence-corrected chi connectivity index (χ3v) is 2.64. The summed E-state index contributed by atoms with van der Waals surface area (Å²) >= 11 is 0. The molecular formula is C14H11NO5. The van der Waals surface area contributed by atoms with Crippen molar-refractivity contribution in [2.75, 3.05) is 0 Å². The fourth-order valence-electron chi connectivity index (χ4n) is 1.57. The molecule has 0 heterocycles. The first-order valence-corrected chi connectivity index (χ1v) is 5.73. The highest BCUT2D eigenvalue weighted by Crippen LogP contribution is 2.26. The van der Waals surface area contributed by atoms with Gasteiger partial charge in [-0.3, -0.25) is 10.1 Å². The Bertz CT molecular complexity index is 664. The highest BCUT2D eigenvalue weighted by molar-refractivity contribution is 5.92. The van der Waals surface area contributed by atoms with Crippen LogP contribution in [0.1, 0.15) is 15.9 Å². The van der Waals surface area contributed by atoms with Crippen molar-refractivity contribution < 1.29 is 19.6 Å². The average molecular weight is 273 g/mol. The van der Waals surface area contributed by atoms with E-state index in [2.05, 4.69) is 0 Å². The van der Waals surface area contributed by atoms with E-state index in [-0.39, 0.29) is 5.56 Å². The van der Waals surface area contributed by atoms with Gasteiger partial charge in [0.1, 0.15) is 5.75 Å². The summed E-state index contributed by atoms with van der Waals surface area (Å²) in [7, 11) is 0. The fourth-order valence-corrected chi connectivity index (χ4v) is 1.57. The van der Waals surface area contributed by atoms with Crippen LogP contribution in [0.15, 0.2) is 42.5 Å². The van der Waals surface area contributed by atoms with Crippen molar-refractivity contribution in [2.24, 2.45) is 0 Å². The van der Waals surface area contributed by atoms with Gasteiger partial charge < -0.3 is 9.84 Å². The lowest BCUT2D eigenvalue weighted by Gasteiger charge is -2.05. The van der Waals surface area contributed by atoms with Crippen molar-refractivity contribution in [3.8, 4) is 11.5 Å². The summed E-state index contributed by atoms with van der Waals surface area (Å²) in [4.78, 5) is 21.8. The van der Waals surface area contributed by atoms with E-state index in [1.807, 2.05) is 6.92 Å². The predicted octanol–water partition coefficient (Wildman–Crippen LogP) is 2.83. The number of nitro groups is 1. The van der Waals surface area contributed by atoms with Gasteiger partial charge in [-0.05, 0) is 31.2 Å². The monoisotopic (exact) mass is 273 g/mol. The zero-order chi connectivity index (χ0) is 14.7. The molecule has 2 aromatic carbocycles. The van der Waals surface area contributed by atoms with Crippen molar-refractivity contribution in [3.05, 3.63) is 63.7 Å². The molecule has 0 aliphatic carbocycles. The average Bonchev–Trinajstić information content (AvgIpc) is 2.41. The normalized spacial score (nSPS) is 10.1. The minimum atomic E-state index is -0.766. The van der Waals surface area contributed by atoms with Gasteiger partial charge in [0.05, 0.1) is 10.5 Å². The van der Waals surface area contributed by atoms with Crippen LogP contribution in [0.2, 0.25) is 0 Å². The van der Waals surface area contributed by atoms with Gasteiger partial charge in [-0.25, -0.2) is 4.79 Å². The first kappa shape index (κ1) is 13.5. The van der Waals surface area contributed by atoms with Gasteiger partial charge in [-0.15, -0.1) is 0 Å². The lowest BCUT2D eigenvalue weighted by molar-refractivity contribution is -0.385.